The molecule has 0 unspecified atom stereocenters. The molecule has 0 saturated carbocycles. The molecule has 0 saturated heterocycles. The van der Waals surface area contributed by atoms with Crippen LogP contribution in [0.5, 0.6) is 17.2 Å². The molecule has 0 atom stereocenters. The third kappa shape index (κ3) is 5.14. The Morgan fingerprint density at radius 2 is 1.72 bits per heavy atom. The summed E-state index contributed by atoms with van der Waals surface area (Å²) in [7, 11) is 4.51. The predicted octanol–water partition coefficient (Wildman–Crippen LogP) is 5.67. The number of carbonyl (C=O) groups is 1. The molecule has 0 aliphatic carbocycles. The first-order valence-corrected chi connectivity index (χ1v) is 11.9. The molecule has 0 bridgehead atoms. The van der Waals surface area contributed by atoms with Crippen molar-refractivity contribution < 1.29 is 23.9 Å². The van der Waals surface area contributed by atoms with Crippen molar-refractivity contribution in [2.24, 2.45) is 5.10 Å². The maximum Gasteiger partial charge on any atom is 0.280 e. The Bertz CT molecular complexity index is 1450. The van der Waals surface area contributed by atoms with Gasteiger partial charge in [-0.15, -0.1) is 0 Å². The molecule has 1 heterocycles. The van der Waals surface area contributed by atoms with Crippen LogP contribution in [0.2, 0.25) is 0 Å². The van der Waals surface area contributed by atoms with Gasteiger partial charge in [0.2, 0.25) is 10.9 Å². The number of hydrazone groups is 1. The molecule has 1 aromatic heterocycles. The van der Waals surface area contributed by atoms with Gasteiger partial charge in [-0.3, -0.25) is 14.9 Å². The van der Waals surface area contributed by atoms with Gasteiger partial charge in [0.25, 0.3) is 11.6 Å². The number of carbonyl (C=O) groups excluding carboxylic acids is 1. The SMILES string of the molecule is COc1cc(/C=N/N(C(=O)c2ccc([N+](=O)[O-])cc2)c2nc3ccc(Br)cc3s2)cc(OC)c1OC. The monoisotopic (exact) mass is 570 g/mol. The van der Waals surface area contributed by atoms with E-state index in [1.54, 1.807) is 12.1 Å². The van der Waals surface area contributed by atoms with E-state index in [-0.39, 0.29) is 11.3 Å². The number of non-ortho nitro benzene ring substituents is 1. The van der Waals surface area contributed by atoms with Gasteiger partial charge in [0.05, 0.1) is 42.7 Å². The van der Waals surface area contributed by atoms with Gasteiger partial charge in [0, 0.05) is 27.7 Å². The van der Waals surface area contributed by atoms with Crippen LogP contribution in [0, 0.1) is 10.1 Å². The van der Waals surface area contributed by atoms with Gasteiger partial charge in [-0.1, -0.05) is 27.3 Å². The number of thiazole rings is 1. The lowest BCUT2D eigenvalue weighted by atomic mass is 10.2. The van der Waals surface area contributed by atoms with Crippen molar-refractivity contribution in [2.75, 3.05) is 26.3 Å². The van der Waals surface area contributed by atoms with Crippen LogP contribution >= 0.6 is 27.3 Å². The normalized spacial score (nSPS) is 11.0. The third-order valence-electron chi connectivity index (χ3n) is 5.05. The lowest BCUT2D eigenvalue weighted by molar-refractivity contribution is -0.384. The largest absolute Gasteiger partial charge is 0.493 e. The summed E-state index contributed by atoms with van der Waals surface area (Å²) < 4.78 is 17.9. The zero-order chi connectivity index (χ0) is 25.8. The number of fused-ring (bicyclic) bond motifs is 1. The van der Waals surface area contributed by atoms with Gasteiger partial charge in [0.15, 0.2) is 11.5 Å². The molecular weight excluding hydrogens is 552 g/mol. The number of amides is 1. The van der Waals surface area contributed by atoms with E-state index >= 15 is 0 Å². The van der Waals surface area contributed by atoms with Crippen molar-refractivity contribution in [3.8, 4) is 17.2 Å². The number of hydrogen-bond acceptors (Lipinski definition) is 9. The number of nitrogens with zero attached hydrogens (tertiary/aromatic N) is 4. The van der Waals surface area contributed by atoms with Crippen molar-refractivity contribution >= 4 is 60.4 Å². The summed E-state index contributed by atoms with van der Waals surface area (Å²) in [6.07, 6.45) is 1.47. The van der Waals surface area contributed by atoms with Crippen molar-refractivity contribution in [2.45, 2.75) is 0 Å². The second kappa shape index (κ2) is 10.7. The summed E-state index contributed by atoms with van der Waals surface area (Å²) in [5, 5.41) is 16.9. The van der Waals surface area contributed by atoms with Crippen molar-refractivity contribution in [1.82, 2.24) is 4.98 Å². The minimum Gasteiger partial charge on any atom is -0.493 e. The Kier molecular flexibility index (Phi) is 7.46. The van der Waals surface area contributed by atoms with Gasteiger partial charge >= 0.3 is 0 Å². The zero-order valence-corrected chi connectivity index (χ0v) is 21.7. The lowest BCUT2D eigenvalue weighted by Crippen LogP contribution is -2.25. The fourth-order valence-electron chi connectivity index (χ4n) is 3.31. The number of anilines is 1. The van der Waals surface area contributed by atoms with E-state index in [2.05, 4.69) is 26.0 Å². The zero-order valence-electron chi connectivity index (χ0n) is 19.3. The van der Waals surface area contributed by atoms with E-state index in [1.165, 1.54) is 63.1 Å². The summed E-state index contributed by atoms with van der Waals surface area (Å²) >= 11 is 4.72. The highest BCUT2D eigenvalue weighted by atomic mass is 79.9. The molecule has 0 fully saturated rings. The average Bonchev–Trinajstić information content (AvgIpc) is 3.30. The molecule has 0 aliphatic heterocycles. The van der Waals surface area contributed by atoms with Gasteiger partial charge in [-0.05, 0) is 42.5 Å². The summed E-state index contributed by atoms with van der Waals surface area (Å²) in [4.78, 5) is 28.5. The van der Waals surface area contributed by atoms with E-state index in [9.17, 15) is 14.9 Å². The second-order valence-corrected chi connectivity index (χ2v) is 9.16. The fraction of sp³-hybridized carbons (Fsp3) is 0.125. The molecule has 4 aromatic rings. The smallest absolute Gasteiger partial charge is 0.280 e. The van der Waals surface area contributed by atoms with Crippen LogP contribution in [-0.4, -0.2) is 43.4 Å². The Balaban J connectivity index is 1.78. The molecule has 0 aliphatic rings. The number of nitro benzene ring substituents is 1. The lowest BCUT2D eigenvalue weighted by Gasteiger charge is -2.15. The van der Waals surface area contributed by atoms with Crippen LogP contribution in [0.1, 0.15) is 15.9 Å². The topological polar surface area (TPSA) is 116 Å². The number of nitro groups is 1. The molecule has 36 heavy (non-hydrogen) atoms. The molecule has 3 aromatic carbocycles. The second-order valence-electron chi connectivity index (χ2n) is 7.23. The minimum atomic E-state index is -0.528. The molecule has 10 nitrogen and oxygen atoms in total. The van der Waals surface area contributed by atoms with Crippen LogP contribution in [0.4, 0.5) is 10.8 Å². The first kappa shape index (κ1) is 25.1. The molecule has 1 amide bonds. The highest BCUT2D eigenvalue weighted by molar-refractivity contribution is 9.10. The van der Waals surface area contributed by atoms with Gasteiger partial charge < -0.3 is 14.2 Å². The molecule has 4 rings (SSSR count). The Hall–Kier alpha value is -4.03. The molecule has 0 radical (unpaired) electrons. The van der Waals surface area contributed by atoms with Crippen molar-refractivity contribution in [3.05, 3.63) is 80.3 Å². The molecule has 12 heteroatoms. The standard InChI is InChI=1S/C24H19BrN4O6S/c1-33-19-10-14(11-20(34-2)22(19)35-3)13-26-28(23(30)15-4-7-17(8-5-15)29(31)32)24-27-18-9-6-16(25)12-21(18)36-24/h4-13H,1-3H3/b26-13+. The highest BCUT2D eigenvalue weighted by Crippen LogP contribution is 2.38. The van der Waals surface area contributed by atoms with Crippen LogP contribution in [0.15, 0.2) is 64.2 Å². The number of benzene rings is 3. The predicted molar refractivity (Wildman–Crippen MR) is 141 cm³/mol. The van der Waals surface area contributed by atoms with Gasteiger partial charge in [0.1, 0.15) is 0 Å². The minimum absolute atomic E-state index is 0.121. The van der Waals surface area contributed by atoms with Crippen LogP contribution < -0.4 is 19.2 Å². The summed E-state index contributed by atoms with van der Waals surface area (Å²) in [5.74, 6) is 0.771. The number of methoxy groups -OCH3 is 3. The number of aromatic nitrogens is 1. The first-order chi connectivity index (χ1) is 17.3. The van der Waals surface area contributed by atoms with E-state index in [1.807, 2.05) is 18.2 Å². The Morgan fingerprint density at radius 1 is 1.06 bits per heavy atom. The van der Waals surface area contributed by atoms with E-state index < -0.39 is 10.8 Å². The van der Waals surface area contributed by atoms with Crippen molar-refractivity contribution in [1.29, 1.82) is 0 Å². The summed E-state index contributed by atoms with van der Waals surface area (Å²) in [6.45, 7) is 0. The van der Waals surface area contributed by atoms with Crippen LogP contribution in [-0.2, 0) is 0 Å². The summed E-state index contributed by atoms with van der Waals surface area (Å²) in [5.41, 5.74) is 1.37. The summed E-state index contributed by atoms with van der Waals surface area (Å²) in [6, 6.07) is 14.3. The average molecular weight is 571 g/mol. The number of hydrogen-bond donors (Lipinski definition) is 0. The highest BCUT2D eigenvalue weighted by Gasteiger charge is 2.22. The van der Waals surface area contributed by atoms with E-state index in [0.717, 1.165) is 14.2 Å². The first-order valence-electron chi connectivity index (χ1n) is 10.3. The quantitative estimate of drug-likeness (QED) is 0.152. The third-order valence-corrected chi connectivity index (χ3v) is 6.53. The van der Waals surface area contributed by atoms with Crippen LogP contribution in [0.3, 0.4) is 0 Å². The molecule has 0 spiro atoms. The molecule has 184 valence electrons. The Labute approximate surface area is 218 Å². The molecule has 0 N–H and O–H groups in total. The number of halogens is 1. The van der Waals surface area contributed by atoms with Gasteiger partial charge in [-0.2, -0.15) is 10.1 Å². The maximum atomic E-state index is 13.5. The Morgan fingerprint density at radius 3 is 2.31 bits per heavy atom. The molecular formula is C24H19BrN4O6S. The fourth-order valence-corrected chi connectivity index (χ4v) is 4.79. The van der Waals surface area contributed by atoms with Crippen molar-refractivity contribution in [3.63, 3.8) is 0 Å². The van der Waals surface area contributed by atoms with Crippen LogP contribution in [0.25, 0.3) is 10.2 Å². The van der Waals surface area contributed by atoms with E-state index in [4.69, 9.17) is 14.2 Å². The maximum absolute atomic E-state index is 13.5. The number of ether oxygens (including phenoxy) is 3. The van der Waals surface area contributed by atoms with Gasteiger partial charge in [-0.25, -0.2) is 4.98 Å². The van der Waals surface area contributed by atoms with E-state index in [0.29, 0.717) is 33.5 Å². The number of rotatable bonds is 8.